The highest BCUT2D eigenvalue weighted by Gasteiger charge is 2.78. The van der Waals surface area contributed by atoms with Crippen LogP contribution in [0.2, 0.25) is 0 Å². The molecule has 8 fully saturated rings. The van der Waals surface area contributed by atoms with Crippen LogP contribution in [0.1, 0.15) is 166 Å². The minimum absolute atomic E-state index is 0.00766. The predicted octanol–water partition coefficient (Wildman–Crippen LogP) is 10.9. The van der Waals surface area contributed by atoms with Crippen molar-refractivity contribution in [3.05, 3.63) is 84.1 Å². The van der Waals surface area contributed by atoms with Gasteiger partial charge in [0.1, 0.15) is 23.9 Å². The number of esters is 1. The van der Waals surface area contributed by atoms with Crippen LogP contribution in [0.15, 0.2) is 77.4 Å². The average Bonchev–Trinajstić information content (AvgIpc) is 0.900. The third-order valence-electron chi connectivity index (χ3n) is 27.2. The molecule has 21 unspecified atom stereocenters. The lowest BCUT2D eigenvalue weighted by Crippen LogP contribution is -2.86. The van der Waals surface area contributed by atoms with Crippen molar-refractivity contribution in [2.75, 3.05) is 39.2 Å². The van der Waals surface area contributed by atoms with Crippen LogP contribution in [0.4, 0.5) is 0 Å². The number of carbonyl (C=O) groups is 1. The molecule has 0 amide bonds. The Hall–Kier alpha value is -3.87. The maximum Gasteiger partial charge on any atom is 0.306 e. The van der Waals surface area contributed by atoms with Gasteiger partial charge in [0, 0.05) is 71.7 Å². The van der Waals surface area contributed by atoms with Crippen LogP contribution >= 0.6 is 21.6 Å². The number of nitrogens with one attached hydrogen (secondary N) is 2. The second kappa shape index (κ2) is 25.7. The molecule has 510 valence electrons. The summed E-state index contributed by atoms with van der Waals surface area (Å²) in [5, 5.41) is 103. The third kappa shape index (κ3) is 10.9. The normalized spacial score (nSPS) is 44.1. The fraction of sp³-hybridized carbons (Fsp3) is 0.701. The molecule has 94 heavy (non-hydrogen) atoms. The number of aliphatic hydroxyl groups excluding tert-OH is 4. The van der Waals surface area contributed by atoms with Crippen LogP contribution < -0.4 is 20.1 Å². The molecule has 4 aromatic rings. The monoisotopic (exact) mass is 1330 g/mol. The second-order valence-electron chi connectivity index (χ2n) is 31.7. The fourth-order valence-electron chi connectivity index (χ4n) is 22.5. The molecule has 3 aromatic carbocycles. The lowest BCUT2D eigenvalue weighted by atomic mass is 9.50. The van der Waals surface area contributed by atoms with Gasteiger partial charge in [-0.3, -0.25) is 4.79 Å². The number of aryl methyl sites for hydroxylation is 1. The first kappa shape index (κ1) is 66.0. The van der Waals surface area contributed by atoms with Crippen molar-refractivity contribution >= 4 is 49.3 Å². The van der Waals surface area contributed by atoms with Gasteiger partial charge >= 0.3 is 5.97 Å². The summed E-state index contributed by atoms with van der Waals surface area (Å²) in [6.45, 7) is 4.31. The van der Waals surface area contributed by atoms with Gasteiger partial charge in [0.25, 0.3) is 0 Å². The molecule has 0 radical (unpaired) electrons. The number of hydrogen-bond donors (Lipinski definition) is 9. The molecule has 4 heterocycles. The van der Waals surface area contributed by atoms with E-state index in [1.807, 2.05) is 22.9 Å². The van der Waals surface area contributed by atoms with Crippen molar-refractivity contribution in [2.24, 2.45) is 64.6 Å². The Morgan fingerprint density at radius 3 is 2.53 bits per heavy atom. The van der Waals surface area contributed by atoms with Crippen LogP contribution in [0.25, 0.3) is 21.7 Å². The number of ether oxygens (including phenoxy) is 4. The van der Waals surface area contributed by atoms with Gasteiger partial charge in [-0.05, 0) is 222 Å². The summed E-state index contributed by atoms with van der Waals surface area (Å²) in [7, 11) is 5.60. The number of aliphatic hydroxyl groups is 7. The lowest BCUT2D eigenvalue weighted by Gasteiger charge is -2.67. The number of furan rings is 1. The standard InChI is InChI=1S/C77H102N2O13S2/c1-4-88-64(83)24-19-50-37-51-28-35-89-66(51)68-67(50)91-70-77(87)65-54(18-22-60(81)57(65)44-80)41-75(86,69(77)84)76(92-70)45-93-94-74(62(79-34-36-90-68)23-15-46(2)9-7-14-63(76)82)33-32-71(39-52-17-21-59(78-3)56(52)42-71)61(74)27-29-72(85)40-53-13-8-10-47-25-30-73(31-26-47,58(53)43-72)55-20-16-48-11-5-6-12-49(48)38-55/h5-6,11-12,16,18,20,22,28,35,37-38,46-47,52-54,56-63,65,69-70,78-82,84-87H,4,7,9-10,14-15,17,19,21,23-27,29-34,36,39-45H2,1-3H3. The van der Waals surface area contributed by atoms with Crippen molar-refractivity contribution in [3.63, 3.8) is 0 Å². The molecule has 7 bridgehead atoms. The van der Waals surface area contributed by atoms with Gasteiger partial charge in [-0.25, -0.2) is 0 Å². The molecule has 16 rings (SSSR count). The Balaban J connectivity index is 0.861. The highest BCUT2D eigenvalue weighted by Crippen LogP contribution is 2.72. The zero-order chi connectivity index (χ0) is 65.0. The van der Waals surface area contributed by atoms with Gasteiger partial charge in [-0.1, -0.05) is 102 Å². The summed E-state index contributed by atoms with van der Waals surface area (Å²) >= 11 is 0. The van der Waals surface area contributed by atoms with Crippen molar-refractivity contribution in [2.45, 2.75) is 231 Å². The molecule has 3 aliphatic heterocycles. The third-order valence-corrected chi connectivity index (χ3v) is 30.5. The van der Waals surface area contributed by atoms with E-state index in [9.17, 15) is 40.5 Å². The maximum atomic E-state index is 14.1. The van der Waals surface area contributed by atoms with E-state index in [4.69, 9.17) is 23.4 Å². The minimum atomic E-state index is -2.52. The Kier molecular flexibility index (Phi) is 18.1. The quantitative estimate of drug-likeness (QED) is 0.0311. The topological polar surface area (TPSA) is 233 Å². The molecule has 15 nitrogen and oxygen atoms in total. The van der Waals surface area contributed by atoms with Crippen molar-refractivity contribution < 1.29 is 63.9 Å². The zero-order valence-electron chi connectivity index (χ0n) is 55.4. The summed E-state index contributed by atoms with van der Waals surface area (Å²) < 4.78 is 33.1. The summed E-state index contributed by atoms with van der Waals surface area (Å²) in [5.41, 5.74) is -5.63. The molecule has 2 saturated heterocycles. The molecule has 17 heteroatoms. The number of allylic oxidation sites excluding steroid dienone is 1. The SMILES string of the molecule is CCOC(=O)CCc1cc2ccoc2c2c1OC1OC3(CSSC4(CCC5(CC6CCC(NC)C6C5)C4CCC4(O)CC5C#CCC6CCC(c7ccc8ccccc8c7)(CC6)C5C4)C(CCC(C)CCCC3O)NCCO2)C2(O)CC3C=CC(O)C(CO)C3C1(O)C2O. The number of rotatable bonds is 10. The van der Waals surface area contributed by atoms with Crippen molar-refractivity contribution in [1.82, 2.24) is 10.6 Å². The van der Waals surface area contributed by atoms with Gasteiger partial charge in [0.2, 0.25) is 12.0 Å². The van der Waals surface area contributed by atoms with E-state index in [2.05, 4.69) is 78.9 Å². The highest BCUT2D eigenvalue weighted by molar-refractivity contribution is 8.77. The number of fused-ring (bicyclic) bond motifs is 16. The average molecular weight is 1330 g/mol. The zero-order valence-corrected chi connectivity index (χ0v) is 57.0. The summed E-state index contributed by atoms with van der Waals surface area (Å²) in [6, 6.07) is 20.0. The summed E-state index contributed by atoms with van der Waals surface area (Å²) in [6.07, 6.45) is 16.6. The molecule has 9 aliphatic carbocycles. The lowest BCUT2D eigenvalue weighted by molar-refractivity contribution is -0.424. The van der Waals surface area contributed by atoms with E-state index in [1.54, 1.807) is 36.1 Å². The molecular weight excluding hydrogens is 1220 g/mol. The smallest absolute Gasteiger partial charge is 0.306 e. The molecule has 21 atom stereocenters. The Morgan fingerprint density at radius 2 is 1.71 bits per heavy atom. The van der Waals surface area contributed by atoms with Crippen molar-refractivity contribution in [1.29, 1.82) is 0 Å². The van der Waals surface area contributed by atoms with E-state index in [1.165, 1.54) is 29.2 Å². The summed E-state index contributed by atoms with van der Waals surface area (Å²) in [4.78, 5) is 13.3. The van der Waals surface area contributed by atoms with E-state index in [-0.39, 0.29) is 96.7 Å². The van der Waals surface area contributed by atoms with Gasteiger partial charge in [0.05, 0.1) is 30.7 Å². The molecule has 1 aromatic heterocycles. The van der Waals surface area contributed by atoms with Crippen LogP contribution in [-0.4, -0.2) is 145 Å². The number of carbonyl (C=O) groups excluding carboxylic acids is 1. The molecule has 12 aliphatic rings. The van der Waals surface area contributed by atoms with Crippen LogP contribution in [0.5, 0.6) is 11.5 Å². The predicted molar refractivity (Wildman–Crippen MR) is 365 cm³/mol. The first-order chi connectivity index (χ1) is 45.4. The molecule has 9 N–H and O–H groups in total. The molecule has 6 saturated carbocycles. The molecular formula is C77H102N2O13S2. The Morgan fingerprint density at radius 1 is 0.872 bits per heavy atom. The fourth-order valence-corrected chi connectivity index (χ4v) is 26.7. The highest BCUT2D eigenvalue weighted by atomic mass is 33.1. The van der Waals surface area contributed by atoms with Gasteiger partial charge in [-0.2, -0.15) is 0 Å². The first-order valence-electron chi connectivity index (χ1n) is 36.3. The largest absolute Gasteiger partial charge is 0.485 e. The van der Waals surface area contributed by atoms with E-state index in [0.29, 0.717) is 72.6 Å². The van der Waals surface area contributed by atoms with Crippen LogP contribution in [0.3, 0.4) is 0 Å². The van der Waals surface area contributed by atoms with Gasteiger partial charge in [-0.15, -0.1) is 5.92 Å². The van der Waals surface area contributed by atoms with Gasteiger partial charge < -0.3 is 69.7 Å². The molecule has 3 spiro atoms. The summed E-state index contributed by atoms with van der Waals surface area (Å²) in [5.74, 6) is 7.06. The number of hydrogen-bond acceptors (Lipinski definition) is 17. The maximum absolute atomic E-state index is 14.1. The van der Waals surface area contributed by atoms with Crippen LogP contribution in [0, 0.1) is 76.4 Å². The van der Waals surface area contributed by atoms with E-state index >= 15 is 0 Å². The van der Waals surface area contributed by atoms with Crippen LogP contribution in [-0.2, 0) is 26.1 Å². The van der Waals surface area contributed by atoms with Gasteiger partial charge in [0.15, 0.2) is 16.9 Å². The van der Waals surface area contributed by atoms with E-state index in [0.717, 1.165) is 83.5 Å². The number of benzene rings is 3. The van der Waals surface area contributed by atoms with E-state index < -0.39 is 82.1 Å². The minimum Gasteiger partial charge on any atom is -0.485 e. The Bertz CT molecular complexity index is 3530. The second-order valence-corrected chi connectivity index (χ2v) is 34.4. The Labute approximate surface area is 562 Å². The first-order valence-corrected chi connectivity index (χ1v) is 38.6. The van der Waals surface area contributed by atoms with Crippen molar-refractivity contribution in [3.8, 4) is 23.3 Å².